The van der Waals surface area contributed by atoms with Crippen LogP contribution in [0, 0.1) is 0 Å². The molecule has 0 atom stereocenters. The molecule has 6 nitrogen and oxygen atoms in total. The van der Waals surface area contributed by atoms with Crippen LogP contribution in [0.1, 0.15) is 5.56 Å². The second kappa shape index (κ2) is 9.23. The summed E-state index contributed by atoms with van der Waals surface area (Å²) in [6.45, 7) is 4.02. The molecule has 0 bridgehead atoms. The third-order valence-electron chi connectivity index (χ3n) is 3.88. The fraction of sp³-hybridized carbons (Fsp3) is 0.0909. The van der Waals surface area contributed by atoms with Crippen LogP contribution in [0.5, 0.6) is 11.5 Å². The fourth-order valence-electron chi connectivity index (χ4n) is 2.59. The Morgan fingerprint density at radius 1 is 1.21 bits per heavy atom. The van der Waals surface area contributed by atoms with Gasteiger partial charge in [-0.2, -0.15) is 5.10 Å². The van der Waals surface area contributed by atoms with Crippen LogP contribution in [0.15, 0.2) is 79.7 Å². The predicted octanol–water partition coefficient (Wildman–Crippen LogP) is 4.10. The van der Waals surface area contributed by atoms with Gasteiger partial charge in [0.2, 0.25) is 5.91 Å². The van der Waals surface area contributed by atoms with E-state index >= 15 is 0 Å². The van der Waals surface area contributed by atoms with Gasteiger partial charge in [0, 0.05) is 18.5 Å². The molecule has 3 aromatic rings. The molecule has 1 heterocycles. The average Bonchev–Trinajstić information content (AvgIpc) is 3.26. The molecule has 28 heavy (non-hydrogen) atoms. The maximum absolute atomic E-state index is 12.4. The molecule has 142 valence electrons. The number of benzene rings is 2. The molecule has 1 N–H and O–H groups in total. The van der Waals surface area contributed by atoms with E-state index in [1.807, 2.05) is 42.6 Å². The number of carbonyl (C=O) groups excluding carboxylic acids is 1. The topological polar surface area (TPSA) is 65.4 Å². The average molecular weight is 375 g/mol. The molecule has 0 aliphatic carbocycles. The molecule has 0 aliphatic rings. The van der Waals surface area contributed by atoms with Crippen molar-refractivity contribution in [3.8, 4) is 17.2 Å². The van der Waals surface area contributed by atoms with E-state index in [0.717, 1.165) is 11.3 Å². The van der Waals surface area contributed by atoms with E-state index in [1.165, 1.54) is 6.08 Å². The van der Waals surface area contributed by atoms with Gasteiger partial charge in [-0.15, -0.1) is 0 Å². The Bertz CT molecular complexity index is 978. The summed E-state index contributed by atoms with van der Waals surface area (Å²) in [7, 11) is 1.57. The van der Waals surface area contributed by atoms with Crippen molar-refractivity contribution in [3.05, 3.63) is 85.2 Å². The molecule has 0 unspecified atom stereocenters. The number of anilines is 1. The largest absolute Gasteiger partial charge is 0.493 e. The molecule has 0 aliphatic heterocycles. The van der Waals surface area contributed by atoms with Gasteiger partial charge in [0.15, 0.2) is 11.5 Å². The molecule has 1 amide bonds. The molecular weight excluding hydrogens is 354 g/mol. The summed E-state index contributed by atoms with van der Waals surface area (Å²) in [6, 6.07) is 14.8. The van der Waals surface area contributed by atoms with E-state index < -0.39 is 0 Å². The van der Waals surface area contributed by atoms with E-state index in [2.05, 4.69) is 17.0 Å². The minimum absolute atomic E-state index is 0.245. The lowest BCUT2D eigenvalue weighted by atomic mass is 10.2. The van der Waals surface area contributed by atoms with Gasteiger partial charge in [-0.25, -0.2) is 4.68 Å². The lowest BCUT2D eigenvalue weighted by Gasteiger charge is -2.10. The monoisotopic (exact) mass is 375 g/mol. The molecule has 6 heteroatoms. The van der Waals surface area contributed by atoms with Gasteiger partial charge in [0.1, 0.15) is 6.61 Å². The highest BCUT2D eigenvalue weighted by Gasteiger charge is 2.07. The summed E-state index contributed by atoms with van der Waals surface area (Å²) in [4.78, 5) is 12.4. The van der Waals surface area contributed by atoms with Crippen LogP contribution in [-0.4, -0.2) is 29.4 Å². The number of ether oxygens (including phenoxy) is 2. The minimum atomic E-state index is -0.245. The smallest absolute Gasteiger partial charge is 0.248 e. The van der Waals surface area contributed by atoms with Crippen LogP contribution >= 0.6 is 0 Å². The highest BCUT2D eigenvalue weighted by atomic mass is 16.5. The van der Waals surface area contributed by atoms with Gasteiger partial charge in [0.25, 0.3) is 0 Å². The van der Waals surface area contributed by atoms with Gasteiger partial charge in [-0.1, -0.05) is 30.9 Å². The number of rotatable bonds is 8. The molecule has 3 rings (SSSR count). The summed E-state index contributed by atoms with van der Waals surface area (Å²) in [5, 5.41) is 7.10. The second-order valence-electron chi connectivity index (χ2n) is 5.80. The molecule has 0 saturated carbocycles. The molecule has 0 saturated heterocycles. The molecule has 1 aromatic heterocycles. The molecule has 0 spiro atoms. The van der Waals surface area contributed by atoms with Gasteiger partial charge < -0.3 is 14.8 Å². The van der Waals surface area contributed by atoms with E-state index in [9.17, 15) is 4.79 Å². The zero-order valence-electron chi connectivity index (χ0n) is 15.5. The zero-order valence-corrected chi connectivity index (χ0v) is 15.5. The van der Waals surface area contributed by atoms with Gasteiger partial charge >= 0.3 is 0 Å². The Balaban J connectivity index is 1.72. The third kappa shape index (κ3) is 4.67. The highest BCUT2D eigenvalue weighted by molar-refractivity contribution is 6.03. The first-order valence-electron chi connectivity index (χ1n) is 8.71. The number of methoxy groups -OCH3 is 1. The maximum Gasteiger partial charge on any atom is 0.248 e. The maximum atomic E-state index is 12.4. The van der Waals surface area contributed by atoms with E-state index in [4.69, 9.17) is 9.47 Å². The number of amides is 1. The van der Waals surface area contributed by atoms with Crippen LogP contribution in [0.25, 0.3) is 11.8 Å². The van der Waals surface area contributed by atoms with Gasteiger partial charge in [-0.05, 0) is 42.0 Å². The zero-order chi connectivity index (χ0) is 19.8. The minimum Gasteiger partial charge on any atom is -0.493 e. The Kier molecular flexibility index (Phi) is 6.25. The normalized spacial score (nSPS) is 10.6. The number of nitrogens with one attached hydrogen (secondary N) is 1. The van der Waals surface area contributed by atoms with Crippen LogP contribution in [0.3, 0.4) is 0 Å². The van der Waals surface area contributed by atoms with E-state index in [1.54, 1.807) is 42.3 Å². The Labute approximate surface area is 163 Å². The summed E-state index contributed by atoms with van der Waals surface area (Å²) < 4.78 is 12.6. The first-order chi connectivity index (χ1) is 13.7. The van der Waals surface area contributed by atoms with Crippen molar-refractivity contribution in [1.82, 2.24) is 9.78 Å². The number of aromatic nitrogens is 2. The van der Waals surface area contributed by atoms with Crippen molar-refractivity contribution in [2.45, 2.75) is 0 Å². The summed E-state index contributed by atoms with van der Waals surface area (Å²) in [5.41, 5.74) is 2.28. The van der Waals surface area contributed by atoms with Crippen LogP contribution in [-0.2, 0) is 4.79 Å². The number of hydrogen-bond acceptors (Lipinski definition) is 4. The number of para-hydroxylation sites is 2. The van der Waals surface area contributed by atoms with Crippen molar-refractivity contribution in [2.24, 2.45) is 0 Å². The van der Waals surface area contributed by atoms with Crippen LogP contribution in [0.4, 0.5) is 5.69 Å². The number of nitrogens with zero attached hydrogens (tertiary/aromatic N) is 2. The van der Waals surface area contributed by atoms with Crippen LogP contribution in [0.2, 0.25) is 0 Å². The molecule has 0 fully saturated rings. The molecular formula is C22H21N3O3. The SMILES string of the molecule is C=CCOc1ccc(/C=C/C(=O)Nc2ccccc2-n2cccn2)cc1OC. The van der Waals surface area contributed by atoms with Crippen molar-refractivity contribution in [3.63, 3.8) is 0 Å². The lowest BCUT2D eigenvalue weighted by molar-refractivity contribution is -0.111. The third-order valence-corrected chi connectivity index (χ3v) is 3.88. The first kappa shape index (κ1) is 19.0. The van der Waals surface area contributed by atoms with Gasteiger partial charge in [0.05, 0.1) is 18.5 Å². The lowest BCUT2D eigenvalue weighted by Crippen LogP contribution is -2.10. The predicted molar refractivity (Wildman–Crippen MR) is 110 cm³/mol. The summed E-state index contributed by atoms with van der Waals surface area (Å²) in [6.07, 6.45) is 8.36. The number of hydrogen-bond donors (Lipinski definition) is 1. The summed E-state index contributed by atoms with van der Waals surface area (Å²) in [5.74, 6) is 0.969. The van der Waals surface area contributed by atoms with Crippen molar-refractivity contribution in [2.75, 3.05) is 19.0 Å². The molecule has 2 aromatic carbocycles. The Morgan fingerprint density at radius 3 is 2.82 bits per heavy atom. The van der Waals surface area contributed by atoms with Crippen LogP contribution < -0.4 is 14.8 Å². The number of carbonyl (C=O) groups is 1. The second-order valence-corrected chi connectivity index (χ2v) is 5.80. The molecule has 0 radical (unpaired) electrons. The fourth-order valence-corrected chi connectivity index (χ4v) is 2.59. The van der Waals surface area contributed by atoms with Gasteiger partial charge in [-0.3, -0.25) is 4.79 Å². The summed E-state index contributed by atoms with van der Waals surface area (Å²) >= 11 is 0. The van der Waals surface area contributed by atoms with Crippen molar-refractivity contribution < 1.29 is 14.3 Å². The first-order valence-corrected chi connectivity index (χ1v) is 8.71. The van der Waals surface area contributed by atoms with E-state index in [0.29, 0.717) is 23.8 Å². The quantitative estimate of drug-likeness (QED) is 0.476. The van der Waals surface area contributed by atoms with Crippen molar-refractivity contribution in [1.29, 1.82) is 0 Å². The Hall–Kier alpha value is -3.80. The van der Waals surface area contributed by atoms with E-state index in [-0.39, 0.29) is 5.91 Å². The standard InChI is InChI=1S/C22H21N3O3/c1-3-15-28-20-11-9-17(16-21(20)27-2)10-12-22(26)24-18-7-4-5-8-19(18)25-14-6-13-23-25/h3-14,16H,1,15H2,2H3,(H,24,26)/b12-10+. The Morgan fingerprint density at radius 2 is 2.07 bits per heavy atom. The highest BCUT2D eigenvalue weighted by Crippen LogP contribution is 2.28. The van der Waals surface area contributed by atoms with Crippen molar-refractivity contribution >= 4 is 17.7 Å².